The first-order valence-electron chi connectivity index (χ1n) is 3.60. The summed E-state index contributed by atoms with van der Waals surface area (Å²) < 4.78 is 0. The lowest BCUT2D eigenvalue weighted by Gasteiger charge is -2.23. The number of aliphatic hydroxyl groups excluding tert-OH is 1. The molecule has 0 aliphatic carbocycles. The molecule has 0 aromatic carbocycles. The third-order valence-electron chi connectivity index (χ3n) is 1.76. The van der Waals surface area contributed by atoms with E-state index in [2.05, 4.69) is 0 Å². The molecule has 0 unspecified atom stereocenters. The van der Waals surface area contributed by atoms with Gasteiger partial charge in [0.2, 0.25) is 0 Å². The normalized spacial score (nSPS) is 20.9. The third-order valence-corrected chi connectivity index (χ3v) is 1.76. The number of fused-ring (bicyclic) bond motifs is 1. The Bertz CT molecular complexity index is 284. The van der Waals surface area contributed by atoms with Crippen molar-refractivity contribution in [2.24, 2.45) is 0 Å². The molecule has 56 valence electrons. The first-order valence-corrected chi connectivity index (χ1v) is 3.60. The van der Waals surface area contributed by atoms with Gasteiger partial charge in [0.15, 0.2) is 0 Å². The quantitative estimate of drug-likeness (QED) is 0.567. The van der Waals surface area contributed by atoms with Gasteiger partial charge in [-0.05, 0) is 12.2 Å². The lowest BCUT2D eigenvalue weighted by molar-refractivity contribution is 0.371. The molecule has 0 aromatic heterocycles. The van der Waals surface area contributed by atoms with Crippen LogP contribution in [0.15, 0.2) is 48.2 Å². The maximum Gasteiger partial charge on any atom is 0.120 e. The van der Waals surface area contributed by atoms with Crippen LogP contribution in [0.25, 0.3) is 0 Å². The molecule has 0 radical (unpaired) electrons. The minimum absolute atomic E-state index is 0.438. The number of aliphatic hydroxyl groups is 1. The lowest BCUT2D eigenvalue weighted by atomic mass is 10.1. The molecule has 11 heavy (non-hydrogen) atoms. The van der Waals surface area contributed by atoms with Crippen LogP contribution in [0.5, 0.6) is 0 Å². The first-order chi connectivity index (χ1) is 5.38. The van der Waals surface area contributed by atoms with Gasteiger partial charge in [0.25, 0.3) is 0 Å². The second-order valence-corrected chi connectivity index (χ2v) is 2.53. The average molecular weight is 147 g/mol. The van der Waals surface area contributed by atoms with Gasteiger partial charge >= 0.3 is 0 Å². The Morgan fingerprint density at radius 1 is 1.27 bits per heavy atom. The number of hydrogen-bond acceptors (Lipinski definition) is 2. The van der Waals surface area contributed by atoms with Gasteiger partial charge in [0.1, 0.15) is 5.76 Å². The van der Waals surface area contributed by atoms with E-state index in [0.717, 1.165) is 5.70 Å². The van der Waals surface area contributed by atoms with Crippen LogP contribution in [-0.4, -0.2) is 10.0 Å². The van der Waals surface area contributed by atoms with Gasteiger partial charge in [-0.3, -0.25) is 0 Å². The largest absolute Gasteiger partial charge is 0.510 e. The Hall–Kier alpha value is -1.44. The van der Waals surface area contributed by atoms with Crippen LogP contribution in [-0.2, 0) is 0 Å². The van der Waals surface area contributed by atoms with Crippen molar-refractivity contribution in [1.82, 2.24) is 4.90 Å². The van der Waals surface area contributed by atoms with Crippen molar-refractivity contribution < 1.29 is 5.11 Å². The summed E-state index contributed by atoms with van der Waals surface area (Å²) in [6.45, 7) is 0. The van der Waals surface area contributed by atoms with Crippen molar-refractivity contribution in [2.75, 3.05) is 0 Å². The molecular weight excluding hydrogens is 138 g/mol. The van der Waals surface area contributed by atoms with Crippen molar-refractivity contribution in [2.45, 2.75) is 6.42 Å². The molecule has 0 saturated carbocycles. The second kappa shape index (κ2) is 2.31. The van der Waals surface area contributed by atoms with E-state index in [0.29, 0.717) is 12.2 Å². The average Bonchev–Trinajstić information content (AvgIpc) is 2.06. The summed E-state index contributed by atoms with van der Waals surface area (Å²) in [5, 5.41) is 9.41. The molecule has 2 nitrogen and oxygen atoms in total. The van der Waals surface area contributed by atoms with Gasteiger partial charge in [-0.1, -0.05) is 12.2 Å². The number of rotatable bonds is 0. The summed E-state index contributed by atoms with van der Waals surface area (Å²) in [4.78, 5) is 1.90. The predicted molar refractivity (Wildman–Crippen MR) is 43.5 cm³/mol. The molecule has 2 aliphatic rings. The molecule has 2 aliphatic heterocycles. The van der Waals surface area contributed by atoms with E-state index in [1.54, 1.807) is 0 Å². The SMILES string of the molecule is OC1=C2C=CC=CN2C=CC1. The number of allylic oxidation sites excluding steroid dienone is 4. The topological polar surface area (TPSA) is 23.5 Å². The maximum atomic E-state index is 9.41. The second-order valence-electron chi connectivity index (χ2n) is 2.53. The van der Waals surface area contributed by atoms with Crippen LogP contribution in [0.4, 0.5) is 0 Å². The lowest BCUT2D eigenvalue weighted by Crippen LogP contribution is -2.14. The highest BCUT2D eigenvalue weighted by Gasteiger charge is 2.11. The van der Waals surface area contributed by atoms with Crippen molar-refractivity contribution in [1.29, 1.82) is 0 Å². The summed E-state index contributed by atoms with van der Waals surface area (Å²) in [5.41, 5.74) is 0.884. The van der Waals surface area contributed by atoms with Gasteiger partial charge in [-0.15, -0.1) is 0 Å². The first kappa shape index (κ1) is 6.28. The van der Waals surface area contributed by atoms with Crippen LogP contribution < -0.4 is 0 Å². The Morgan fingerprint density at radius 2 is 2.18 bits per heavy atom. The summed E-state index contributed by atoms with van der Waals surface area (Å²) >= 11 is 0. The van der Waals surface area contributed by atoms with E-state index in [1.807, 2.05) is 41.6 Å². The van der Waals surface area contributed by atoms with Crippen LogP contribution >= 0.6 is 0 Å². The van der Waals surface area contributed by atoms with Crippen LogP contribution in [0.3, 0.4) is 0 Å². The molecule has 0 saturated heterocycles. The summed E-state index contributed by atoms with van der Waals surface area (Å²) in [6, 6.07) is 0. The zero-order valence-electron chi connectivity index (χ0n) is 6.07. The smallest absolute Gasteiger partial charge is 0.120 e. The van der Waals surface area contributed by atoms with Crippen LogP contribution in [0.2, 0.25) is 0 Å². The van der Waals surface area contributed by atoms with E-state index >= 15 is 0 Å². The van der Waals surface area contributed by atoms with E-state index in [-0.39, 0.29) is 0 Å². The number of hydrogen-bond donors (Lipinski definition) is 1. The molecule has 0 atom stereocenters. The highest BCUT2D eigenvalue weighted by atomic mass is 16.3. The molecule has 2 heterocycles. The minimum Gasteiger partial charge on any atom is -0.510 e. The Labute approximate surface area is 65.4 Å². The summed E-state index contributed by atoms with van der Waals surface area (Å²) in [7, 11) is 0. The van der Waals surface area contributed by atoms with Crippen molar-refractivity contribution in [3.05, 3.63) is 48.2 Å². The molecule has 1 N–H and O–H groups in total. The van der Waals surface area contributed by atoms with Crippen LogP contribution in [0, 0.1) is 0 Å². The molecule has 0 fully saturated rings. The summed E-state index contributed by atoms with van der Waals surface area (Å²) in [5.74, 6) is 0.438. The Balaban J connectivity index is 2.40. The van der Waals surface area contributed by atoms with Gasteiger partial charge in [-0.25, -0.2) is 0 Å². The fourth-order valence-electron chi connectivity index (χ4n) is 1.21. The highest BCUT2D eigenvalue weighted by molar-refractivity contribution is 5.34. The van der Waals surface area contributed by atoms with Gasteiger partial charge in [0.05, 0.1) is 5.70 Å². The maximum absolute atomic E-state index is 9.41. The van der Waals surface area contributed by atoms with Gasteiger partial charge in [0, 0.05) is 18.8 Å². The summed E-state index contributed by atoms with van der Waals surface area (Å²) in [6.07, 6.45) is 12.2. The Kier molecular flexibility index (Phi) is 1.32. The van der Waals surface area contributed by atoms with Gasteiger partial charge in [-0.2, -0.15) is 0 Å². The third kappa shape index (κ3) is 0.963. The highest BCUT2D eigenvalue weighted by Crippen LogP contribution is 2.21. The van der Waals surface area contributed by atoms with Crippen molar-refractivity contribution >= 4 is 0 Å². The zero-order valence-corrected chi connectivity index (χ0v) is 6.07. The van der Waals surface area contributed by atoms with E-state index < -0.39 is 0 Å². The molecule has 0 aromatic rings. The molecule has 0 amide bonds. The fourth-order valence-corrected chi connectivity index (χ4v) is 1.21. The zero-order chi connectivity index (χ0) is 7.68. The van der Waals surface area contributed by atoms with Crippen molar-refractivity contribution in [3.63, 3.8) is 0 Å². The van der Waals surface area contributed by atoms with Gasteiger partial charge < -0.3 is 10.0 Å². The van der Waals surface area contributed by atoms with E-state index in [9.17, 15) is 5.11 Å². The van der Waals surface area contributed by atoms with E-state index in [4.69, 9.17) is 0 Å². The standard InChI is InChI=1S/C9H9NO/c11-9-5-3-7-10-6-2-1-4-8(9)10/h1-4,6-7,11H,5H2. The van der Waals surface area contributed by atoms with E-state index in [1.165, 1.54) is 0 Å². The predicted octanol–water partition coefficient (Wildman–Crippen LogP) is 2.06. The fraction of sp³-hybridized carbons (Fsp3) is 0.111. The molecule has 0 bridgehead atoms. The molecule has 2 rings (SSSR count). The monoisotopic (exact) mass is 147 g/mol. The molecule has 2 heteroatoms. The van der Waals surface area contributed by atoms with Crippen LogP contribution in [0.1, 0.15) is 6.42 Å². The molecule has 0 spiro atoms. The van der Waals surface area contributed by atoms with Crippen molar-refractivity contribution in [3.8, 4) is 0 Å². The minimum atomic E-state index is 0.438. The number of nitrogens with zero attached hydrogens (tertiary/aromatic N) is 1. The molecular formula is C9H9NO. The Morgan fingerprint density at radius 3 is 3.00 bits per heavy atom.